The van der Waals surface area contributed by atoms with Crippen LogP contribution in [0.1, 0.15) is 17.3 Å². The summed E-state index contributed by atoms with van der Waals surface area (Å²) >= 11 is 7.81. The number of carbonyl (C=O) groups is 1. The van der Waals surface area contributed by atoms with E-state index in [0.717, 1.165) is 17.6 Å². The Hall–Kier alpha value is -2.58. The minimum atomic E-state index is -0.760. The van der Waals surface area contributed by atoms with Crippen LogP contribution < -0.4 is 10.3 Å². The standard InChI is InChI=1S/C21H19ClFN3O3S/c1-2-29-21(28)16-12-26(14-5-3-13(22)4-6-14)19-15(18(16)27)11-17(23)20(24-19)25-7-9-30-10-8-25/h3-6,11-12H,2,7-10H2,1H3. The molecule has 1 aromatic carbocycles. The molecule has 6 nitrogen and oxygen atoms in total. The number of pyridine rings is 2. The molecule has 0 aliphatic carbocycles. The Balaban J connectivity index is 1.98. The zero-order valence-electron chi connectivity index (χ0n) is 16.2. The van der Waals surface area contributed by atoms with Gasteiger partial charge in [0.25, 0.3) is 0 Å². The van der Waals surface area contributed by atoms with Gasteiger partial charge in [-0.05, 0) is 37.3 Å². The van der Waals surface area contributed by atoms with Crippen LogP contribution in [-0.4, -0.2) is 46.7 Å². The van der Waals surface area contributed by atoms with E-state index >= 15 is 0 Å². The van der Waals surface area contributed by atoms with Gasteiger partial charge in [-0.1, -0.05) is 11.6 Å². The smallest absolute Gasteiger partial charge is 0.343 e. The average Bonchev–Trinajstić information content (AvgIpc) is 2.75. The van der Waals surface area contributed by atoms with Crippen molar-refractivity contribution in [1.82, 2.24) is 9.55 Å². The maximum absolute atomic E-state index is 15.0. The fourth-order valence-electron chi connectivity index (χ4n) is 3.36. The maximum Gasteiger partial charge on any atom is 0.343 e. The van der Waals surface area contributed by atoms with Gasteiger partial charge in [0.05, 0.1) is 12.0 Å². The van der Waals surface area contributed by atoms with Gasteiger partial charge in [-0.25, -0.2) is 14.2 Å². The number of halogens is 2. The van der Waals surface area contributed by atoms with Gasteiger partial charge < -0.3 is 14.2 Å². The number of esters is 1. The predicted molar refractivity (Wildman–Crippen MR) is 118 cm³/mol. The minimum absolute atomic E-state index is 0.0168. The highest BCUT2D eigenvalue weighted by atomic mass is 35.5. The lowest BCUT2D eigenvalue weighted by Gasteiger charge is -2.28. The van der Waals surface area contributed by atoms with Crippen molar-refractivity contribution in [2.75, 3.05) is 36.1 Å². The average molecular weight is 448 g/mol. The lowest BCUT2D eigenvalue weighted by Crippen LogP contribution is -2.34. The quantitative estimate of drug-likeness (QED) is 0.565. The van der Waals surface area contributed by atoms with E-state index in [2.05, 4.69) is 4.98 Å². The largest absolute Gasteiger partial charge is 0.462 e. The van der Waals surface area contributed by atoms with Crippen molar-refractivity contribution in [3.8, 4) is 5.69 Å². The summed E-state index contributed by atoms with van der Waals surface area (Å²) in [6.07, 6.45) is 1.40. The second-order valence-corrected chi connectivity index (χ2v) is 8.36. The summed E-state index contributed by atoms with van der Waals surface area (Å²) in [6, 6.07) is 8.03. The molecule has 0 amide bonds. The van der Waals surface area contributed by atoms with Crippen LogP contribution in [0.15, 0.2) is 41.3 Å². The van der Waals surface area contributed by atoms with E-state index in [1.807, 2.05) is 4.90 Å². The summed E-state index contributed by atoms with van der Waals surface area (Å²) in [5.41, 5.74) is 0.114. The van der Waals surface area contributed by atoms with Crippen LogP contribution >= 0.6 is 23.4 Å². The molecule has 0 N–H and O–H groups in total. The van der Waals surface area contributed by atoms with Crippen molar-refractivity contribution in [3.63, 3.8) is 0 Å². The number of rotatable bonds is 4. The number of aromatic nitrogens is 2. The van der Waals surface area contributed by atoms with E-state index in [0.29, 0.717) is 23.8 Å². The Morgan fingerprint density at radius 2 is 1.97 bits per heavy atom. The SMILES string of the molecule is CCOC(=O)c1cn(-c2ccc(Cl)cc2)c2nc(N3CCSCC3)c(F)cc2c1=O. The van der Waals surface area contributed by atoms with E-state index in [1.54, 1.807) is 47.5 Å². The molecule has 0 bridgehead atoms. The molecule has 3 aromatic rings. The lowest BCUT2D eigenvalue weighted by molar-refractivity contribution is 0.0524. The topological polar surface area (TPSA) is 64.4 Å². The fraction of sp³-hybridized carbons (Fsp3) is 0.286. The molecule has 2 aromatic heterocycles. The molecule has 0 saturated carbocycles. The van der Waals surface area contributed by atoms with E-state index in [4.69, 9.17) is 16.3 Å². The normalized spacial score (nSPS) is 14.2. The summed E-state index contributed by atoms with van der Waals surface area (Å²) < 4.78 is 21.6. The molecule has 1 aliphatic heterocycles. The summed E-state index contributed by atoms with van der Waals surface area (Å²) in [6.45, 7) is 3.12. The molecular weight excluding hydrogens is 429 g/mol. The third-order valence-electron chi connectivity index (χ3n) is 4.82. The number of anilines is 1. The second kappa shape index (κ2) is 8.65. The van der Waals surface area contributed by atoms with Crippen LogP contribution in [0.3, 0.4) is 0 Å². The van der Waals surface area contributed by atoms with Gasteiger partial charge in [0, 0.05) is 41.5 Å². The van der Waals surface area contributed by atoms with Gasteiger partial charge in [-0.2, -0.15) is 11.8 Å². The molecule has 156 valence electrons. The third-order valence-corrected chi connectivity index (χ3v) is 6.02. The van der Waals surface area contributed by atoms with Gasteiger partial charge in [-0.3, -0.25) is 4.79 Å². The molecule has 1 fully saturated rings. The van der Waals surface area contributed by atoms with Crippen molar-refractivity contribution in [2.24, 2.45) is 0 Å². The van der Waals surface area contributed by atoms with Gasteiger partial charge in [-0.15, -0.1) is 0 Å². The van der Waals surface area contributed by atoms with E-state index in [9.17, 15) is 14.0 Å². The number of nitrogens with zero attached hydrogens (tertiary/aromatic N) is 3. The number of carbonyl (C=O) groups excluding carboxylic acids is 1. The molecule has 0 radical (unpaired) electrons. The highest BCUT2D eigenvalue weighted by Crippen LogP contribution is 2.26. The monoisotopic (exact) mass is 447 g/mol. The molecule has 9 heteroatoms. The van der Waals surface area contributed by atoms with Crippen molar-refractivity contribution in [3.05, 3.63) is 63.2 Å². The first-order valence-electron chi connectivity index (χ1n) is 9.51. The Morgan fingerprint density at radius 3 is 2.63 bits per heavy atom. The Morgan fingerprint density at radius 1 is 1.27 bits per heavy atom. The van der Waals surface area contributed by atoms with Crippen molar-refractivity contribution in [2.45, 2.75) is 6.92 Å². The number of fused-ring (bicyclic) bond motifs is 1. The number of hydrogen-bond acceptors (Lipinski definition) is 6. The van der Waals surface area contributed by atoms with Crippen LogP contribution in [0.4, 0.5) is 10.2 Å². The Bertz CT molecular complexity index is 1160. The maximum atomic E-state index is 15.0. The van der Waals surface area contributed by atoms with Gasteiger partial charge in [0.15, 0.2) is 17.3 Å². The van der Waals surface area contributed by atoms with Crippen molar-refractivity contribution >= 4 is 46.2 Å². The first-order valence-corrected chi connectivity index (χ1v) is 11.0. The van der Waals surface area contributed by atoms with Crippen LogP contribution in [0.5, 0.6) is 0 Å². The van der Waals surface area contributed by atoms with Gasteiger partial charge >= 0.3 is 5.97 Å². The minimum Gasteiger partial charge on any atom is -0.462 e. The van der Waals surface area contributed by atoms with Crippen LogP contribution in [0.2, 0.25) is 5.02 Å². The molecule has 30 heavy (non-hydrogen) atoms. The number of thioether (sulfide) groups is 1. The Labute approximate surface area is 181 Å². The molecule has 1 aliphatic rings. The highest BCUT2D eigenvalue weighted by molar-refractivity contribution is 7.99. The second-order valence-electron chi connectivity index (χ2n) is 6.70. The van der Waals surface area contributed by atoms with Crippen molar-refractivity contribution in [1.29, 1.82) is 0 Å². The van der Waals surface area contributed by atoms with Gasteiger partial charge in [0.1, 0.15) is 5.56 Å². The summed E-state index contributed by atoms with van der Waals surface area (Å²) in [5, 5.41) is 0.559. The van der Waals surface area contributed by atoms with Crippen LogP contribution in [0.25, 0.3) is 16.7 Å². The molecule has 1 saturated heterocycles. The summed E-state index contributed by atoms with van der Waals surface area (Å²) in [4.78, 5) is 31.7. The van der Waals surface area contributed by atoms with E-state index in [-0.39, 0.29) is 29.0 Å². The molecule has 0 spiro atoms. The molecule has 0 atom stereocenters. The van der Waals surface area contributed by atoms with Crippen LogP contribution in [0, 0.1) is 5.82 Å². The third kappa shape index (κ3) is 3.89. The summed E-state index contributed by atoms with van der Waals surface area (Å²) in [7, 11) is 0. The number of benzene rings is 1. The predicted octanol–water partition coefficient (Wildman–Crippen LogP) is 3.91. The first-order chi connectivity index (χ1) is 14.5. The molecule has 4 rings (SSSR count). The lowest BCUT2D eigenvalue weighted by atomic mass is 10.1. The molecular formula is C21H19ClFN3O3S. The number of ether oxygens (including phenoxy) is 1. The van der Waals surface area contributed by atoms with Crippen molar-refractivity contribution < 1.29 is 13.9 Å². The van der Waals surface area contributed by atoms with E-state index in [1.165, 1.54) is 6.20 Å². The van der Waals surface area contributed by atoms with E-state index < -0.39 is 17.2 Å². The zero-order chi connectivity index (χ0) is 21.3. The number of hydrogen-bond donors (Lipinski definition) is 0. The van der Waals surface area contributed by atoms with Gasteiger partial charge in [0.2, 0.25) is 5.43 Å². The molecule has 3 heterocycles. The molecule has 0 unspecified atom stereocenters. The fourth-order valence-corrected chi connectivity index (χ4v) is 4.39. The van der Waals surface area contributed by atoms with Crippen LogP contribution in [-0.2, 0) is 4.74 Å². The Kier molecular flexibility index (Phi) is 5.97. The summed E-state index contributed by atoms with van der Waals surface area (Å²) in [5.74, 6) is 0.615. The zero-order valence-corrected chi connectivity index (χ0v) is 17.8. The first kappa shape index (κ1) is 20.7. The highest BCUT2D eigenvalue weighted by Gasteiger charge is 2.23.